The second-order valence-corrected chi connectivity index (χ2v) is 5.53. The number of carbonyl (C=O) groups excluding carboxylic acids is 1. The zero-order valence-electron chi connectivity index (χ0n) is 12.0. The van der Waals surface area contributed by atoms with Crippen molar-refractivity contribution < 1.29 is 13.6 Å². The Morgan fingerprint density at radius 3 is 2.52 bits per heavy atom. The first kappa shape index (κ1) is 15.4. The van der Waals surface area contributed by atoms with Crippen molar-refractivity contribution in [2.24, 2.45) is 0 Å². The average Bonchev–Trinajstić information content (AvgIpc) is 2.45. The molecule has 0 radical (unpaired) electrons. The van der Waals surface area contributed by atoms with Crippen molar-refractivity contribution in [1.82, 2.24) is 10.2 Å². The van der Waals surface area contributed by atoms with E-state index < -0.39 is 23.1 Å². The molecular weight excluding hydrogens is 276 g/mol. The van der Waals surface area contributed by atoms with Crippen molar-refractivity contribution in [3.05, 3.63) is 34.9 Å². The van der Waals surface area contributed by atoms with E-state index in [4.69, 9.17) is 0 Å². The van der Waals surface area contributed by atoms with Gasteiger partial charge >= 0.3 is 0 Å². The highest BCUT2D eigenvalue weighted by Crippen LogP contribution is 2.22. The highest BCUT2D eigenvalue weighted by atomic mass is 19.1. The van der Waals surface area contributed by atoms with Crippen LogP contribution < -0.4 is 5.32 Å². The molecule has 1 aliphatic heterocycles. The Kier molecular flexibility index (Phi) is 4.24. The summed E-state index contributed by atoms with van der Waals surface area (Å²) >= 11 is 0. The topological polar surface area (TPSA) is 56.1 Å². The van der Waals surface area contributed by atoms with Gasteiger partial charge in [-0.25, -0.2) is 8.78 Å². The Labute approximate surface area is 122 Å². The fourth-order valence-electron chi connectivity index (χ4n) is 2.38. The zero-order valence-corrected chi connectivity index (χ0v) is 12.0. The monoisotopic (exact) mass is 293 g/mol. The molecule has 0 spiro atoms. The fourth-order valence-corrected chi connectivity index (χ4v) is 2.38. The van der Waals surface area contributed by atoms with Gasteiger partial charge in [-0.05, 0) is 38.4 Å². The van der Waals surface area contributed by atoms with Crippen LogP contribution in [0.1, 0.15) is 28.8 Å². The molecule has 0 aromatic heterocycles. The number of benzene rings is 1. The number of aryl methyl sites for hydroxylation is 1. The van der Waals surface area contributed by atoms with E-state index >= 15 is 0 Å². The van der Waals surface area contributed by atoms with Crippen LogP contribution >= 0.6 is 0 Å². The van der Waals surface area contributed by atoms with Crippen molar-refractivity contribution in [3.8, 4) is 6.07 Å². The molecule has 112 valence electrons. The molecule has 1 amide bonds. The number of nitrogens with one attached hydrogen (secondary N) is 1. The highest BCUT2D eigenvalue weighted by Gasteiger charge is 2.36. The summed E-state index contributed by atoms with van der Waals surface area (Å²) in [6.45, 7) is 2.82. The summed E-state index contributed by atoms with van der Waals surface area (Å²) in [5.41, 5.74) is -1.03. The lowest BCUT2D eigenvalue weighted by Crippen LogP contribution is -2.53. The summed E-state index contributed by atoms with van der Waals surface area (Å²) in [5.74, 6) is -2.29. The van der Waals surface area contributed by atoms with Crippen LogP contribution in [0, 0.1) is 29.9 Å². The number of nitrogens with zero attached hydrogens (tertiary/aromatic N) is 2. The second-order valence-electron chi connectivity index (χ2n) is 5.53. The number of amides is 1. The molecule has 1 fully saturated rings. The quantitative estimate of drug-likeness (QED) is 0.907. The van der Waals surface area contributed by atoms with E-state index in [1.807, 2.05) is 7.05 Å². The van der Waals surface area contributed by atoms with E-state index in [9.17, 15) is 18.8 Å². The summed E-state index contributed by atoms with van der Waals surface area (Å²) in [7, 11) is 1.94. The van der Waals surface area contributed by atoms with Crippen LogP contribution in [-0.4, -0.2) is 36.5 Å². The molecule has 1 aromatic rings. The number of piperidine rings is 1. The van der Waals surface area contributed by atoms with Crippen molar-refractivity contribution in [3.63, 3.8) is 0 Å². The molecule has 1 N–H and O–H groups in total. The lowest BCUT2D eigenvalue weighted by molar-refractivity contribution is 0.0877. The van der Waals surface area contributed by atoms with Crippen molar-refractivity contribution >= 4 is 5.91 Å². The molecule has 2 rings (SSSR count). The molecule has 0 atom stereocenters. The Balaban J connectivity index is 2.21. The number of hydrogen-bond acceptors (Lipinski definition) is 3. The van der Waals surface area contributed by atoms with Crippen LogP contribution in [0.4, 0.5) is 8.78 Å². The van der Waals surface area contributed by atoms with Crippen LogP contribution in [-0.2, 0) is 0 Å². The van der Waals surface area contributed by atoms with E-state index in [1.54, 1.807) is 0 Å². The van der Waals surface area contributed by atoms with E-state index in [0.717, 1.165) is 0 Å². The van der Waals surface area contributed by atoms with E-state index in [0.29, 0.717) is 32.0 Å². The summed E-state index contributed by atoms with van der Waals surface area (Å²) in [4.78, 5) is 14.3. The van der Waals surface area contributed by atoms with E-state index in [-0.39, 0.29) is 11.1 Å². The first-order valence-corrected chi connectivity index (χ1v) is 6.75. The van der Waals surface area contributed by atoms with Gasteiger partial charge in [0.2, 0.25) is 0 Å². The minimum atomic E-state index is -0.988. The molecule has 0 aliphatic carbocycles. The highest BCUT2D eigenvalue weighted by molar-refractivity contribution is 5.95. The predicted octanol–water partition coefficient (Wildman–Crippen LogP) is 1.99. The third-order valence-electron chi connectivity index (χ3n) is 3.90. The molecular formula is C15H17F2N3O. The van der Waals surface area contributed by atoms with Gasteiger partial charge in [0.1, 0.15) is 17.2 Å². The number of hydrogen-bond donors (Lipinski definition) is 1. The maximum absolute atomic E-state index is 13.7. The summed E-state index contributed by atoms with van der Waals surface area (Å²) in [6.07, 6.45) is 0.959. The standard InChI is InChI=1S/C15H17F2N3O/c1-10-7-11(13(17)8-12(10)16)14(21)19-15(9-18)3-5-20(2)6-4-15/h7-8H,3-6H2,1-2H3,(H,19,21). The Bertz CT molecular complexity index is 602. The third-order valence-corrected chi connectivity index (χ3v) is 3.90. The SMILES string of the molecule is Cc1cc(C(=O)NC2(C#N)CCN(C)CC2)c(F)cc1F. The van der Waals surface area contributed by atoms with Crippen LogP contribution in [0.15, 0.2) is 12.1 Å². The van der Waals surface area contributed by atoms with Crippen LogP contribution in [0.2, 0.25) is 0 Å². The number of carbonyl (C=O) groups is 1. The summed E-state index contributed by atoms with van der Waals surface area (Å²) < 4.78 is 27.0. The van der Waals surface area contributed by atoms with Crippen LogP contribution in [0.5, 0.6) is 0 Å². The largest absolute Gasteiger partial charge is 0.334 e. The third kappa shape index (κ3) is 3.19. The summed E-state index contributed by atoms with van der Waals surface area (Å²) in [5, 5.41) is 12.0. The van der Waals surface area contributed by atoms with Crippen LogP contribution in [0.3, 0.4) is 0 Å². The minimum absolute atomic E-state index is 0.191. The van der Waals surface area contributed by atoms with Gasteiger partial charge in [0.15, 0.2) is 0 Å². The van der Waals surface area contributed by atoms with Gasteiger partial charge in [0.25, 0.3) is 5.91 Å². The minimum Gasteiger partial charge on any atom is -0.334 e. The lowest BCUT2D eigenvalue weighted by atomic mass is 9.88. The molecule has 4 nitrogen and oxygen atoms in total. The number of nitriles is 1. The first-order valence-electron chi connectivity index (χ1n) is 6.75. The number of likely N-dealkylation sites (tertiary alicyclic amines) is 1. The Hall–Kier alpha value is -2.00. The van der Waals surface area contributed by atoms with Gasteiger partial charge in [-0.15, -0.1) is 0 Å². The molecule has 21 heavy (non-hydrogen) atoms. The second kappa shape index (κ2) is 5.78. The van der Waals surface area contributed by atoms with Gasteiger partial charge < -0.3 is 10.2 Å². The van der Waals surface area contributed by atoms with Gasteiger partial charge in [-0.3, -0.25) is 4.79 Å². The maximum Gasteiger partial charge on any atom is 0.255 e. The average molecular weight is 293 g/mol. The molecule has 1 saturated heterocycles. The molecule has 0 bridgehead atoms. The number of halogens is 2. The molecule has 6 heteroatoms. The van der Waals surface area contributed by atoms with E-state index in [1.165, 1.54) is 13.0 Å². The molecule has 1 aliphatic rings. The van der Waals surface area contributed by atoms with Gasteiger partial charge in [0, 0.05) is 19.2 Å². The fraction of sp³-hybridized carbons (Fsp3) is 0.467. The Morgan fingerprint density at radius 1 is 1.33 bits per heavy atom. The van der Waals surface area contributed by atoms with E-state index in [2.05, 4.69) is 16.3 Å². The zero-order chi connectivity index (χ0) is 15.6. The first-order chi connectivity index (χ1) is 9.87. The van der Waals surface area contributed by atoms with Crippen molar-refractivity contribution in [2.45, 2.75) is 25.3 Å². The normalized spacial score (nSPS) is 18.0. The van der Waals surface area contributed by atoms with Gasteiger partial charge in [-0.1, -0.05) is 0 Å². The molecule has 1 aromatic carbocycles. The molecule has 0 unspecified atom stereocenters. The molecule has 1 heterocycles. The number of rotatable bonds is 2. The smallest absolute Gasteiger partial charge is 0.255 e. The predicted molar refractivity (Wildman–Crippen MR) is 73.6 cm³/mol. The van der Waals surface area contributed by atoms with Gasteiger partial charge in [-0.2, -0.15) is 5.26 Å². The summed E-state index contributed by atoms with van der Waals surface area (Å²) in [6, 6.07) is 3.99. The molecule has 0 saturated carbocycles. The van der Waals surface area contributed by atoms with Crippen molar-refractivity contribution in [2.75, 3.05) is 20.1 Å². The van der Waals surface area contributed by atoms with Gasteiger partial charge in [0.05, 0.1) is 11.6 Å². The lowest BCUT2D eigenvalue weighted by Gasteiger charge is -2.36. The van der Waals surface area contributed by atoms with Crippen molar-refractivity contribution in [1.29, 1.82) is 5.26 Å². The maximum atomic E-state index is 13.7. The van der Waals surface area contributed by atoms with Crippen LogP contribution in [0.25, 0.3) is 0 Å². The Morgan fingerprint density at radius 2 is 1.95 bits per heavy atom.